The van der Waals surface area contributed by atoms with Crippen LogP contribution in [0.5, 0.6) is 0 Å². The second-order valence-electron chi connectivity index (χ2n) is 5.25. The Hall–Kier alpha value is -0.660. The number of likely N-dealkylation sites (N-methyl/N-ethyl adjacent to an activating group) is 1. The van der Waals surface area contributed by atoms with Gasteiger partial charge in [-0.1, -0.05) is 0 Å². The molecule has 0 spiro atoms. The molecule has 1 amide bonds. The van der Waals surface area contributed by atoms with E-state index in [0.717, 1.165) is 13.1 Å². The van der Waals surface area contributed by atoms with Crippen molar-refractivity contribution < 1.29 is 13.2 Å². The van der Waals surface area contributed by atoms with E-state index in [1.54, 1.807) is 19.0 Å². The molecule has 18 heavy (non-hydrogen) atoms. The van der Waals surface area contributed by atoms with E-state index in [1.807, 2.05) is 0 Å². The number of sulfone groups is 1. The van der Waals surface area contributed by atoms with Gasteiger partial charge in [-0.15, -0.1) is 0 Å². The summed E-state index contributed by atoms with van der Waals surface area (Å²) in [5, 5.41) is 3.21. The molecule has 2 rings (SSSR count). The van der Waals surface area contributed by atoms with Gasteiger partial charge in [0.05, 0.1) is 11.5 Å². The predicted molar refractivity (Wildman–Crippen MR) is 69.1 cm³/mol. The highest BCUT2D eigenvalue weighted by Crippen LogP contribution is 2.21. The maximum atomic E-state index is 12.1. The van der Waals surface area contributed by atoms with Gasteiger partial charge in [0.15, 0.2) is 9.84 Å². The van der Waals surface area contributed by atoms with Gasteiger partial charge in [0.2, 0.25) is 5.91 Å². The highest BCUT2D eigenvalue weighted by Gasteiger charge is 2.39. The number of carbonyl (C=O) groups is 1. The molecule has 0 radical (unpaired) electrons. The highest BCUT2D eigenvalue weighted by molar-refractivity contribution is 7.91. The Labute approximate surface area is 108 Å². The number of hydrogen-bond acceptors (Lipinski definition) is 5. The van der Waals surface area contributed by atoms with Crippen molar-refractivity contribution in [3.05, 3.63) is 0 Å². The molecule has 2 unspecified atom stereocenters. The van der Waals surface area contributed by atoms with E-state index < -0.39 is 9.84 Å². The summed E-state index contributed by atoms with van der Waals surface area (Å²) in [6, 6.07) is -0.224. The number of rotatable bonds is 2. The Morgan fingerprint density at radius 2 is 2.11 bits per heavy atom. The first-order chi connectivity index (χ1) is 8.41. The van der Waals surface area contributed by atoms with E-state index in [0.29, 0.717) is 13.0 Å². The Morgan fingerprint density at radius 3 is 2.67 bits per heavy atom. The highest BCUT2D eigenvalue weighted by atomic mass is 32.2. The monoisotopic (exact) mass is 275 g/mol. The normalized spacial score (nSPS) is 32.3. The van der Waals surface area contributed by atoms with Crippen molar-refractivity contribution in [2.45, 2.75) is 18.5 Å². The van der Waals surface area contributed by atoms with E-state index >= 15 is 0 Å². The fraction of sp³-hybridized carbons (Fsp3) is 0.909. The van der Waals surface area contributed by atoms with Gasteiger partial charge in [-0.05, 0) is 6.42 Å². The topological polar surface area (TPSA) is 69.7 Å². The van der Waals surface area contributed by atoms with Crippen molar-refractivity contribution >= 4 is 15.7 Å². The van der Waals surface area contributed by atoms with Crippen molar-refractivity contribution in [2.75, 3.05) is 45.2 Å². The zero-order chi connectivity index (χ0) is 13.3. The molecule has 1 N–H and O–H groups in total. The van der Waals surface area contributed by atoms with Crippen LogP contribution in [-0.4, -0.2) is 81.4 Å². The number of piperazine rings is 1. The van der Waals surface area contributed by atoms with Crippen LogP contribution in [0.25, 0.3) is 0 Å². The van der Waals surface area contributed by atoms with Gasteiger partial charge in [0.25, 0.3) is 0 Å². The first kappa shape index (κ1) is 13.8. The van der Waals surface area contributed by atoms with Gasteiger partial charge in [0, 0.05) is 39.8 Å². The Morgan fingerprint density at radius 1 is 1.39 bits per heavy atom. The van der Waals surface area contributed by atoms with E-state index in [2.05, 4.69) is 10.2 Å². The first-order valence-electron chi connectivity index (χ1n) is 6.29. The molecule has 6 nitrogen and oxygen atoms in total. The summed E-state index contributed by atoms with van der Waals surface area (Å²) in [6.45, 7) is 2.16. The minimum absolute atomic E-state index is 0.00556. The molecular weight excluding hydrogens is 254 g/mol. The smallest absolute Gasteiger partial charge is 0.240 e. The number of nitrogens with one attached hydrogen (secondary N) is 1. The van der Waals surface area contributed by atoms with Crippen LogP contribution in [0.4, 0.5) is 0 Å². The van der Waals surface area contributed by atoms with Crippen LogP contribution >= 0.6 is 0 Å². The van der Waals surface area contributed by atoms with Crippen LogP contribution in [0.2, 0.25) is 0 Å². The van der Waals surface area contributed by atoms with Gasteiger partial charge in [-0.25, -0.2) is 8.42 Å². The zero-order valence-electron chi connectivity index (χ0n) is 10.9. The fourth-order valence-corrected chi connectivity index (χ4v) is 4.46. The summed E-state index contributed by atoms with van der Waals surface area (Å²) in [4.78, 5) is 15.8. The number of carbonyl (C=O) groups excluding carboxylic acids is 1. The molecule has 104 valence electrons. The maximum absolute atomic E-state index is 12.1. The van der Waals surface area contributed by atoms with Crippen molar-refractivity contribution in [1.29, 1.82) is 0 Å². The Kier molecular flexibility index (Phi) is 3.93. The molecule has 2 fully saturated rings. The van der Waals surface area contributed by atoms with Crippen molar-refractivity contribution in [1.82, 2.24) is 15.1 Å². The lowest BCUT2D eigenvalue weighted by molar-refractivity contribution is -0.136. The Balaban J connectivity index is 2.11. The van der Waals surface area contributed by atoms with Crippen LogP contribution in [0, 0.1) is 0 Å². The molecule has 0 saturated carbocycles. The number of amides is 1. The number of nitrogens with zero attached hydrogens (tertiary/aromatic N) is 2. The maximum Gasteiger partial charge on any atom is 0.240 e. The average Bonchev–Trinajstić information content (AvgIpc) is 2.68. The molecule has 0 aliphatic carbocycles. The third-order valence-corrected chi connectivity index (χ3v) is 5.44. The third-order valence-electron chi connectivity index (χ3n) is 3.69. The zero-order valence-corrected chi connectivity index (χ0v) is 11.7. The van der Waals surface area contributed by atoms with E-state index in [9.17, 15) is 13.2 Å². The lowest BCUT2D eigenvalue weighted by atomic mass is 10.1. The van der Waals surface area contributed by atoms with Gasteiger partial charge in [-0.3, -0.25) is 9.69 Å². The first-order valence-corrected chi connectivity index (χ1v) is 8.11. The molecule has 2 heterocycles. The summed E-state index contributed by atoms with van der Waals surface area (Å²) < 4.78 is 23.1. The molecule has 2 atom stereocenters. The van der Waals surface area contributed by atoms with Gasteiger partial charge >= 0.3 is 0 Å². The van der Waals surface area contributed by atoms with Crippen molar-refractivity contribution in [3.63, 3.8) is 0 Å². The summed E-state index contributed by atoms with van der Waals surface area (Å²) in [6.07, 6.45) is 0.652. The van der Waals surface area contributed by atoms with E-state index in [4.69, 9.17) is 0 Å². The molecule has 0 aromatic carbocycles. The molecule has 0 aromatic heterocycles. The summed E-state index contributed by atoms with van der Waals surface area (Å²) in [7, 11) is 0.572. The molecule has 2 aliphatic heterocycles. The minimum atomic E-state index is -2.90. The third kappa shape index (κ3) is 2.84. The van der Waals surface area contributed by atoms with E-state index in [1.165, 1.54) is 0 Å². The molecule has 2 saturated heterocycles. The standard InChI is InChI=1S/C11H21N3O3S/c1-13(2)11(15)10-7-12-4-5-14(10)9-3-6-18(16,17)8-9/h9-10,12H,3-8H2,1-2H3. The molecular formula is C11H21N3O3S. The predicted octanol–water partition coefficient (Wildman–Crippen LogP) is -1.46. The van der Waals surface area contributed by atoms with Crippen LogP contribution < -0.4 is 5.32 Å². The van der Waals surface area contributed by atoms with Crippen molar-refractivity contribution in [3.8, 4) is 0 Å². The summed E-state index contributed by atoms with van der Waals surface area (Å²) in [5.41, 5.74) is 0. The van der Waals surface area contributed by atoms with Crippen LogP contribution in [-0.2, 0) is 14.6 Å². The second kappa shape index (κ2) is 5.14. The van der Waals surface area contributed by atoms with Crippen LogP contribution in [0.15, 0.2) is 0 Å². The average molecular weight is 275 g/mol. The van der Waals surface area contributed by atoms with Crippen molar-refractivity contribution in [2.24, 2.45) is 0 Å². The lowest BCUT2D eigenvalue weighted by Crippen LogP contribution is -2.60. The second-order valence-corrected chi connectivity index (χ2v) is 7.48. The minimum Gasteiger partial charge on any atom is -0.347 e. The summed E-state index contributed by atoms with van der Waals surface area (Å²) >= 11 is 0. The van der Waals surface area contributed by atoms with Crippen LogP contribution in [0.1, 0.15) is 6.42 Å². The number of hydrogen-bond donors (Lipinski definition) is 1. The van der Waals surface area contributed by atoms with Gasteiger partial charge < -0.3 is 10.2 Å². The SMILES string of the molecule is CN(C)C(=O)C1CNCCN1C1CCS(=O)(=O)C1. The molecule has 0 aromatic rings. The molecule has 2 aliphatic rings. The largest absolute Gasteiger partial charge is 0.347 e. The molecule has 0 bridgehead atoms. The van der Waals surface area contributed by atoms with Crippen LogP contribution in [0.3, 0.4) is 0 Å². The van der Waals surface area contributed by atoms with Gasteiger partial charge in [0.1, 0.15) is 6.04 Å². The summed E-state index contributed by atoms with van der Waals surface area (Å²) in [5.74, 6) is 0.501. The molecule has 7 heteroatoms. The Bertz CT molecular complexity index is 421. The quantitative estimate of drug-likeness (QED) is 0.667. The van der Waals surface area contributed by atoms with E-state index in [-0.39, 0.29) is 29.5 Å². The fourth-order valence-electron chi connectivity index (χ4n) is 2.72. The lowest BCUT2D eigenvalue weighted by Gasteiger charge is -2.39. The van der Waals surface area contributed by atoms with Gasteiger partial charge in [-0.2, -0.15) is 0 Å².